The van der Waals surface area contributed by atoms with E-state index in [1.165, 1.54) is 36.5 Å². The molecule has 3 rings (SSSR count). The maximum Gasteiger partial charge on any atom is 0.306 e. The van der Waals surface area contributed by atoms with Gasteiger partial charge in [0.25, 0.3) is 0 Å². The molecule has 8 heteroatoms. The molecule has 1 aliphatic carbocycles. The zero-order chi connectivity index (χ0) is 15.5. The summed E-state index contributed by atoms with van der Waals surface area (Å²) < 4.78 is 1.44. The summed E-state index contributed by atoms with van der Waals surface area (Å²) in [4.78, 5) is 14.9. The summed E-state index contributed by atoms with van der Waals surface area (Å²) in [6.07, 6.45) is 4.78. The molecular weight excluding hydrogens is 286 g/mol. The molecule has 0 bridgehead atoms. The van der Waals surface area contributed by atoms with Crippen LogP contribution in [-0.4, -0.2) is 75.0 Å². The molecule has 1 unspecified atom stereocenters. The predicted octanol–water partition coefficient (Wildman–Crippen LogP) is 0.180. The van der Waals surface area contributed by atoms with Crippen LogP contribution in [0.5, 0.6) is 0 Å². The standard InChI is InChI=1S/C14H23N5O3/c20-14(11-18-9-13(7-15-18)19(21)22)10-17-5-3-16(4-6-17)8-12-1-2-12/h7,9,12,14,20H,1-6,8,10-11H2. The number of nitro groups is 1. The van der Waals surface area contributed by atoms with E-state index < -0.39 is 11.0 Å². The molecule has 1 N–H and O–H groups in total. The average molecular weight is 309 g/mol. The zero-order valence-electron chi connectivity index (χ0n) is 12.7. The van der Waals surface area contributed by atoms with Crippen molar-refractivity contribution < 1.29 is 10.0 Å². The summed E-state index contributed by atoms with van der Waals surface area (Å²) in [5.41, 5.74) is -0.0408. The number of rotatable bonds is 7. The third-order valence-corrected chi connectivity index (χ3v) is 4.38. The first-order chi connectivity index (χ1) is 10.6. The van der Waals surface area contributed by atoms with Crippen LogP contribution in [0.2, 0.25) is 0 Å². The van der Waals surface area contributed by atoms with E-state index in [0.29, 0.717) is 6.54 Å². The fourth-order valence-corrected chi connectivity index (χ4v) is 2.94. The largest absolute Gasteiger partial charge is 0.390 e. The molecule has 1 saturated carbocycles. The van der Waals surface area contributed by atoms with Crippen LogP contribution < -0.4 is 0 Å². The molecule has 0 amide bonds. The average Bonchev–Trinajstić information content (AvgIpc) is 3.17. The summed E-state index contributed by atoms with van der Waals surface area (Å²) in [6, 6.07) is 0. The van der Waals surface area contributed by atoms with Gasteiger partial charge in [0, 0.05) is 39.3 Å². The van der Waals surface area contributed by atoms with E-state index in [2.05, 4.69) is 14.9 Å². The Morgan fingerprint density at radius 2 is 1.95 bits per heavy atom. The number of aliphatic hydroxyl groups is 1. The van der Waals surface area contributed by atoms with Crippen molar-refractivity contribution in [1.82, 2.24) is 19.6 Å². The number of aromatic nitrogens is 2. The highest BCUT2D eigenvalue weighted by Crippen LogP contribution is 2.29. The summed E-state index contributed by atoms with van der Waals surface area (Å²) in [7, 11) is 0. The van der Waals surface area contributed by atoms with Gasteiger partial charge in [-0.15, -0.1) is 0 Å². The minimum atomic E-state index is -0.561. The third kappa shape index (κ3) is 4.25. The highest BCUT2D eigenvalue weighted by atomic mass is 16.6. The summed E-state index contributed by atoms with van der Waals surface area (Å²) in [6.45, 7) is 6.19. The zero-order valence-corrected chi connectivity index (χ0v) is 12.7. The van der Waals surface area contributed by atoms with Crippen molar-refractivity contribution in [3.05, 3.63) is 22.5 Å². The molecule has 1 aromatic rings. The molecule has 1 saturated heterocycles. The molecule has 2 heterocycles. The predicted molar refractivity (Wildman–Crippen MR) is 80.5 cm³/mol. The number of β-amino-alcohol motifs (C(OH)–C–C–N with tert-alkyl or cyclic N) is 1. The quantitative estimate of drug-likeness (QED) is 0.571. The molecule has 2 fully saturated rings. The van der Waals surface area contributed by atoms with Crippen molar-refractivity contribution >= 4 is 5.69 Å². The van der Waals surface area contributed by atoms with Crippen molar-refractivity contribution in [2.75, 3.05) is 39.3 Å². The van der Waals surface area contributed by atoms with Crippen LogP contribution in [0.1, 0.15) is 12.8 Å². The maximum atomic E-state index is 10.6. The lowest BCUT2D eigenvalue weighted by atomic mass is 10.2. The molecule has 8 nitrogen and oxygen atoms in total. The number of nitrogens with zero attached hydrogens (tertiary/aromatic N) is 5. The van der Waals surface area contributed by atoms with Crippen LogP contribution >= 0.6 is 0 Å². The first-order valence-electron chi connectivity index (χ1n) is 7.90. The van der Waals surface area contributed by atoms with Crippen molar-refractivity contribution in [2.24, 2.45) is 5.92 Å². The van der Waals surface area contributed by atoms with Gasteiger partial charge in [0.05, 0.1) is 17.6 Å². The van der Waals surface area contributed by atoms with Gasteiger partial charge < -0.3 is 10.0 Å². The Morgan fingerprint density at radius 3 is 2.55 bits per heavy atom. The Balaban J connectivity index is 1.39. The van der Waals surface area contributed by atoms with E-state index >= 15 is 0 Å². The topological polar surface area (TPSA) is 87.7 Å². The first-order valence-corrected chi connectivity index (χ1v) is 7.90. The first kappa shape index (κ1) is 15.4. The highest BCUT2D eigenvalue weighted by Gasteiger charge is 2.26. The van der Waals surface area contributed by atoms with E-state index in [9.17, 15) is 15.2 Å². The minimum Gasteiger partial charge on any atom is -0.390 e. The lowest BCUT2D eigenvalue weighted by molar-refractivity contribution is -0.385. The van der Waals surface area contributed by atoms with E-state index in [4.69, 9.17) is 0 Å². The highest BCUT2D eigenvalue weighted by molar-refractivity contribution is 5.20. The molecule has 0 radical (unpaired) electrons. The Morgan fingerprint density at radius 1 is 1.27 bits per heavy atom. The number of piperazine rings is 1. The number of hydrogen-bond donors (Lipinski definition) is 1. The summed E-state index contributed by atoms with van der Waals surface area (Å²) in [5.74, 6) is 0.924. The SMILES string of the molecule is O=[N+]([O-])c1cnn(CC(O)CN2CCN(CC3CC3)CC2)c1. The van der Waals surface area contributed by atoms with Gasteiger partial charge >= 0.3 is 5.69 Å². The van der Waals surface area contributed by atoms with Crippen LogP contribution in [-0.2, 0) is 6.54 Å². The Kier molecular flexibility index (Phi) is 4.70. The van der Waals surface area contributed by atoms with Crippen LogP contribution in [0.25, 0.3) is 0 Å². The van der Waals surface area contributed by atoms with E-state index in [1.807, 2.05) is 0 Å². The fourth-order valence-electron chi connectivity index (χ4n) is 2.94. The maximum absolute atomic E-state index is 10.6. The molecule has 1 atom stereocenters. The molecule has 0 spiro atoms. The van der Waals surface area contributed by atoms with Crippen molar-refractivity contribution in [1.29, 1.82) is 0 Å². The lowest BCUT2D eigenvalue weighted by Gasteiger charge is -2.35. The van der Waals surface area contributed by atoms with E-state index in [1.54, 1.807) is 0 Å². The molecule has 1 aliphatic heterocycles. The van der Waals surface area contributed by atoms with Crippen LogP contribution in [0.15, 0.2) is 12.4 Å². The van der Waals surface area contributed by atoms with Gasteiger partial charge in [0.2, 0.25) is 0 Å². The van der Waals surface area contributed by atoms with E-state index in [-0.39, 0.29) is 12.2 Å². The second-order valence-electron chi connectivity index (χ2n) is 6.38. The summed E-state index contributed by atoms with van der Waals surface area (Å²) >= 11 is 0. The number of aliphatic hydroxyl groups excluding tert-OH is 1. The van der Waals surface area contributed by atoms with Gasteiger partial charge in [0.1, 0.15) is 12.4 Å². The minimum absolute atomic E-state index is 0.0408. The summed E-state index contributed by atoms with van der Waals surface area (Å²) in [5, 5.41) is 24.7. The Labute approximate surface area is 129 Å². The molecule has 1 aromatic heterocycles. The Bertz CT molecular complexity index is 508. The number of hydrogen-bond acceptors (Lipinski definition) is 6. The van der Waals surface area contributed by atoms with Gasteiger partial charge in [-0.3, -0.25) is 19.7 Å². The van der Waals surface area contributed by atoms with Gasteiger partial charge in [-0.2, -0.15) is 5.10 Å². The molecule has 22 heavy (non-hydrogen) atoms. The van der Waals surface area contributed by atoms with Gasteiger partial charge in [-0.05, 0) is 18.8 Å². The van der Waals surface area contributed by atoms with E-state index in [0.717, 1.165) is 32.1 Å². The molecular formula is C14H23N5O3. The van der Waals surface area contributed by atoms with Crippen molar-refractivity contribution in [3.63, 3.8) is 0 Å². The smallest absolute Gasteiger partial charge is 0.306 e. The van der Waals surface area contributed by atoms with Crippen molar-refractivity contribution in [3.8, 4) is 0 Å². The molecule has 2 aliphatic rings. The van der Waals surface area contributed by atoms with Gasteiger partial charge in [-0.1, -0.05) is 0 Å². The molecule has 0 aromatic carbocycles. The van der Waals surface area contributed by atoms with Crippen LogP contribution in [0.4, 0.5) is 5.69 Å². The van der Waals surface area contributed by atoms with Gasteiger partial charge in [0.15, 0.2) is 0 Å². The second-order valence-corrected chi connectivity index (χ2v) is 6.38. The van der Waals surface area contributed by atoms with Crippen molar-refractivity contribution in [2.45, 2.75) is 25.5 Å². The van der Waals surface area contributed by atoms with Crippen LogP contribution in [0.3, 0.4) is 0 Å². The van der Waals surface area contributed by atoms with Crippen LogP contribution in [0, 0.1) is 16.0 Å². The second kappa shape index (κ2) is 6.72. The monoisotopic (exact) mass is 309 g/mol. The van der Waals surface area contributed by atoms with Gasteiger partial charge in [-0.25, -0.2) is 0 Å². The molecule has 122 valence electrons. The normalized spacial score (nSPS) is 21.9. The Hall–Kier alpha value is -1.51. The lowest BCUT2D eigenvalue weighted by Crippen LogP contribution is -2.49. The third-order valence-electron chi connectivity index (χ3n) is 4.38. The fraction of sp³-hybridized carbons (Fsp3) is 0.786.